The maximum Gasteiger partial charge on any atom is 0.127 e. The Morgan fingerprint density at radius 2 is 2.07 bits per heavy atom. The van der Waals surface area contributed by atoms with Crippen molar-refractivity contribution in [3.8, 4) is 23.8 Å². The molecule has 0 aliphatic carbocycles. The Morgan fingerprint density at radius 1 is 1.36 bits per heavy atom. The van der Waals surface area contributed by atoms with Crippen molar-refractivity contribution in [1.82, 2.24) is 0 Å². The smallest absolute Gasteiger partial charge is 0.127 e. The van der Waals surface area contributed by atoms with E-state index >= 15 is 0 Å². The Kier molecular flexibility index (Phi) is 3.84. The first kappa shape index (κ1) is 10.9. The molecule has 3 heteroatoms. The molecule has 2 nitrogen and oxygen atoms in total. The average molecular weight is 255 g/mol. The first-order valence-corrected chi connectivity index (χ1v) is 4.86. The second-order valence-corrected chi connectivity index (χ2v) is 3.53. The molecule has 0 radical (unpaired) electrons. The van der Waals surface area contributed by atoms with Gasteiger partial charge in [0.15, 0.2) is 0 Å². The number of terminal acetylenes is 1. The second kappa shape index (κ2) is 4.92. The summed E-state index contributed by atoms with van der Waals surface area (Å²) in [6, 6.07) is 3.69. The van der Waals surface area contributed by atoms with Gasteiger partial charge in [-0.15, -0.1) is 12.3 Å². The standard InChI is InChI=1S/C11H11BrO2/c1-4-5-9-10(12)6-8(13-2)7-11(9)14-3/h1,6-7H,5H2,2-3H3. The van der Waals surface area contributed by atoms with Crippen LogP contribution in [0.25, 0.3) is 0 Å². The monoisotopic (exact) mass is 254 g/mol. The van der Waals surface area contributed by atoms with E-state index in [2.05, 4.69) is 21.9 Å². The second-order valence-electron chi connectivity index (χ2n) is 2.67. The van der Waals surface area contributed by atoms with Crippen LogP contribution in [0.5, 0.6) is 11.5 Å². The van der Waals surface area contributed by atoms with Gasteiger partial charge >= 0.3 is 0 Å². The van der Waals surface area contributed by atoms with E-state index in [-0.39, 0.29) is 0 Å². The predicted molar refractivity (Wildman–Crippen MR) is 59.8 cm³/mol. The van der Waals surface area contributed by atoms with Gasteiger partial charge in [-0.25, -0.2) is 0 Å². The van der Waals surface area contributed by atoms with Crippen LogP contribution in [-0.4, -0.2) is 14.2 Å². The first-order valence-electron chi connectivity index (χ1n) is 4.06. The normalized spacial score (nSPS) is 9.29. The number of halogens is 1. The van der Waals surface area contributed by atoms with Gasteiger partial charge in [-0.05, 0) is 6.07 Å². The van der Waals surface area contributed by atoms with Crippen molar-refractivity contribution >= 4 is 15.9 Å². The van der Waals surface area contributed by atoms with Crippen molar-refractivity contribution in [3.05, 3.63) is 22.2 Å². The number of rotatable bonds is 3. The van der Waals surface area contributed by atoms with Crippen LogP contribution < -0.4 is 9.47 Å². The molecule has 74 valence electrons. The lowest BCUT2D eigenvalue weighted by molar-refractivity contribution is 0.391. The summed E-state index contributed by atoms with van der Waals surface area (Å²) in [7, 11) is 3.23. The molecule has 1 aromatic carbocycles. The SMILES string of the molecule is C#CCc1c(Br)cc(OC)cc1OC. The largest absolute Gasteiger partial charge is 0.497 e. The van der Waals surface area contributed by atoms with E-state index in [9.17, 15) is 0 Å². The molecule has 0 saturated carbocycles. The molecule has 0 N–H and O–H groups in total. The molecular weight excluding hydrogens is 244 g/mol. The Bertz CT molecular complexity index is 366. The summed E-state index contributed by atoms with van der Waals surface area (Å²) in [4.78, 5) is 0. The Hall–Kier alpha value is -1.14. The van der Waals surface area contributed by atoms with E-state index in [1.165, 1.54) is 0 Å². The van der Waals surface area contributed by atoms with Crippen LogP contribution in [0.3, 0.4) is 0 Å². The van der Waals surface area contributed by atoms with E-state index in [0.29, 0.717) is 6.42 Å². The van der Waals surface area contributed by atoms with E-state index in [4.69, 9.17) is 15.9 Å². The van der Waals surface area contributed by atoms with Gasteiger partial charge in [0.05, 0.1) is 14.2 Å². The molecule has 1 aromatic rings. The molecule has 0 aliphatic rings. The summed E-state index contributed by atoms with van der Waals surface area (Å²) >= 11 is 3.43. The van der Waals surface area contributed by atoms with Gasteiger partial charge in [0.25, 0.3) is 0 Å². The van der Waals surface area contributed by atoms with Crippen LogP contribution in [0.15, 0.2) is 16.6 Å². The maximum atomic E-state index is 5.27. The number of benzene rings is 1. The first-order chi connectivity index (χ1) is 6.72. The number of hydrogen-bond acceptors (Lipinski definition) is 2. The zero-order valence-electron chi connectivity index (χ0n) is 8.13. The third-order valence-corrected chi connectivity index (χ3v) is 2.57. The summed E-state index contributed by atoms with van der Waals surface area (Å²) in [5, 5.41) is 0. The summed E-state index contributed by atoms with van der Waals surface area (Å²) in [6.07, 6.45) is 5.80. The molecule has 0 bridgehead atoms. The summed E-state index contributed by atoms with van der Waals surface area (Å²) < 4.78 is 11.2. The number of ether oxygens (including phenoxy) is 2. The molecule has 0 saturated heterocycles. The minimum atomic E-state index is 0.535. The lowest BCUT2D eigenvalue weighted by atomic mass is 10.1. The topological polar surface area (TPSA) is 18.5 Å². The fourth-order valence-corrected chi connectivity index (χ4v) is 1.72. The van der Waals surface area contributed by atoms with Crippen LogP contribution in [-0.2, 0) is 6.42 Å². The minimum absolute atomic E-state index is 0.535. The highest BCUT2D eigenvalue weighted by molar-refractivity contribution is 9.10. The molecule has 0 fully saturated rings. The van der Waals surface area contributed by atoms with Crippen molar-refractivity contribution in [3.63, 3.8) is 0 Å². The van der Waals surface area contributed by atoms with E-state index in [1.54, 1.807) is 14.2 Å². The zero-order chi connectivity index (χ0) is 10.6. The summed E-state index contributed by atoms with van der Waals surface area (Å²) in [5.41, 5.74) is 0.968. The van der Waals surface area contributed by atoms with Gasteiger partial charge in [0, 0.05) is 22.5 Å². The van der Waals surface area contributed by atoms with Crippen LogP contribution in [0.4, 0.5) is 0 Å². The van der Waals surface area contributed by atoms with Crippen LogP contribution in [0.2, 0.25) is 0 Å². The fraction of sp³-hybridized carbons (Fsp3) is 0.273. The van der Waals surface area contributed by atoms with Gasteiger partial charge in [-0.2, -0.15) is 0 Å². The van der Waals surface area contributed by atoms with Crippen molar-refractivity contribution < 1.29 is 9.47 Å². The molecule has 0 aromatic heterocycles. The third kappa shape index (κ3) is 2.21. The van der Waals surface area contributed by atoms with E-state index < -0.39 is 0 Å². The van der Waals surface area contributed by atoms with Crippen LogP contribution >= 0.6 is 15.9 Å². The highest BCUT2D eigenvalue weighted by Gasteiger charge is 2.08. The molecule has 1 rings (SSSR count). The Balaban J connectivity index is 3.21. The Labute approximate surface area is 92.3 Å². The maximum absolute atomic E-state index is 5.27. The zero-order valence-corrected chi connectivity index (χ0v) is 9.72. The average Bonchev–Trinajstić information content (AvgIpc) is 2.20. The lowest BCUT2D eigenvalue weighted by Crippen LogP contribution is -1.94. The predicted octanol–water partition coefficient (Wildman–Crippen LogP) is 2.64. The van der Waals surface area contributed by atoms with Gasteiger partial charge in [-0.3, -0.25) is 0 Å². The molecular formula is C11H11BrO2. The highest BCUT2D eigenvalue weighted by Crippen LogP contribution is 2.32. The minimum Gasteiger partial charge on any atom is -0.497 e. The van der Waals surface area contributed by atoms with Gasteiger partial charge < -0.3 is 9.47 Å². The number of methoxy groups -OCH3 is 2. The Morgan fingerprint density at radius 3 is 2.57 bits per heavy atom. The molecule has 0 heterocycles. The molecule has 14 heavy (non-hydrogen) atoms. The van der Waals surface area contributed by atoms with Gasteiger partial charge in [0.1, 0.15) is 11.5 Å². The van der Waals surface area contributed by atoms with Crippen molar-refractivity contribution in [2.75, 3.05) is 14.2 Å². The molecule has 0 aliphatic heterocycles. The highest BCUT2D eigenvalue weighted by atomic mass is 79.9. The van der Waals surface area contributed by atoms with Gasteiger partial charge in [-0.1, -0.05) is 15.9 Å². The molecule has 0 spiro atoms. The molecule has 0 atom stereocenters. The summed E-state index contributed by atoms with van der Waals surface area (Å²) in [6.45, 7) is 0. The van der Waals surface area contributed by atoms with Crippen LogP contribution in [0, 0.1) is 12.3 Å². The molecule has 0 unspecified atom stereocenters. The van der Waals surface area contributed by atoms with Gasteiger partial charge in [0.2, 0.25) is 0 Å². The van der Waals surface area contributed by atoms with Crippen molar-refractivity contribution in [2.24, 2.45) is 0 Å². The lowest BCUT2D eigenvalue weighted by Gasteiger charge is -2.10. The van der Waals surface area contributed by atoms with Crippen molar-refractivity contribution in [2.45, 2.75) is 6.42 Å². The summed E-state index contributed by atoms with van der Waals surface area (Å²) in [5.74, 6) is 4.08. The van der Waals surface area contributed by atoms with E-state index in [0.717, 1.165) is 21.5 Å². The third-order valence-electron chi connectivity index (χ3n) is 1.86. The number of hydrogen-bond donors (Lipinski definition) is 0. The van der Waals surface area contributed by atoms with Crippen LogP contribution in [0.1, 0.15) is 5.56 Å². The van der Waals surface area contributed by atoms with Crippen molar-refractivity contribution in [1.29, 1.82) is 0 Å². The quantitative estimate of drug-likeness (QED) is 0.773. The fourth-order valence-electron chi connectivity index (χ4n) is 1.16. The molecule has 0 amide bonds. The van der Waals surface area contributed by atoms with E-state index in [1.807, 2.05) is 12.1 Å².